The summed E-state index contributed by atoms with van der Waals surface area (Å²) in [4.78, 5) is 54.0. The van der Waals surface area contributed by atoms with Crippen molar-refractivity contribution in [3.63, 3.8) is 0 Å². The number of nitrogens with two attached hydrogens (primary N) is 2. The number of benzene rings is 2. The van der Waals surface area contributed by atoms with Crippen LogP contribution in [0.2, 0.25) is 0 Å². The molecule has 9 heteroatoms. The van der Waals surface area contributed by atoms with E-state index in [0.717, 1.165) is 22.3 Å². The van der Waals surface area contributed by atoms with E-state index in [9.17, 15) is 19.2 Å². The highest BCUT2D eigenvalue weighted by atomic mass is 16.5. The molecule has 2 fully saturated rings. The first-order valence-corrected chi connectivity index (χ1v) is 11.7. The number of fused-ring (bicyclic) bond motifs is 4. The fourth-order valence-electron chi connectivity index (χ4n) is 5.98. The van der Waals surface area contributed by atoms with E-state index < -0.39 is 29.3 Å². The van der Waals surface area contributed by atoms with Gasteiger partial charge in [-0.05, 0) is 48.7 Å². The van der Waals surface area contributed by atoms with Crippen molar-refractivity contribution in [2.45, 2.75) is 44.8 Å². The van der Waals surface area contributed by atoms with E-state index in [1.807, 2.05) is 43.4 Å². The molecule has 2 aromatic rings. The molecule has 9 nitrogen and oxygen atoms in total. The second-order valence-electron chi connectivity index (χ2n) is 9.70. The van der Waals surface area contributed by atoms with E-state index in [1.165, 1.54) is 4.90 Å². The van der Waals surface area contributed by atoms with Crippen LogP contribution in [0.15, 0.2) is 36.4 Å². The minimum Gasteiger partial charge on any atom is -0.497 e. The van der Waals surface area contributed by atoms with Crippen molar-refractivity contribution in [3.05, 3.63) is 58.7 Å². The van der Waals surface area contributed by atoms with Crippen molar-refractivity contribution >= 4 is 29.3 Å². The lowest BCUT2D eigenvalue weighted by Crippen LogP contribution is -2.99. The Morgan fingerprint density at radius 1 is 1.11 bits per heavy atom. The number of carbonyl (C=O) groups is 4. The third-order valence-electron chi connectivity index (χ3n) is 7.89. The molecule has 0 aliphatic carbocycles. The van der Waals surface area contributed by atoms with Crippen LogP contribution in [0.3, 0.4) is 0 Å². The van der Waals surface area contributed by atoms with Crippen LogP contribution in [0.25, 0.3) is 0 Å². The lowest BCUT2D eigenvalue weighted by molar-refractivity contribution is -0.734. The smallest absolute Gasteiger partial charge is 0.291 e. The number of imide groups is 1. The zero-order valence-corrected chi connectivity index (χ0v) is 20.0. The second-order valence-corrected chi connectivity index (χ2v) is 9.70. The van der Waals surface area contributed by atoms with E-state index in [4.69, 9.17) is 10.5 Å². The van der Waals surface area contributed by atoms with Crippen LogP contribution in [-0.2, 0) is 31.3 Å². The van der Waals surface area contributed by atoms with Crippen molar-refractivity contribution in [1.29, 1.82) is 0 Å². The molecule has 0 bridgehead atoms. The highest BCUT2D eigenvalue weighted by molar-refractivity contribution is 6.14. The molecule has 0 radical (unpaired) electrons. The predicted molar refractivity (Wildman–Crippen MR) is 126 cm³/mol. The molecule has 2 aromatic carbocycles. The molecule has 5 rings (SSSR count). The summed E-state index contributed by atoms with van der Waals surface area (Å²) in [5.41, 5.74) is 8.30. The Morgan fingerprint density at radius 3 is 2.49 bits per heavy atom. The molecular weight excluding hydrogens is 448 g/mol. The summed E-state index contributed by atoms with van der Waals surface area (Å²) in [7, 11) is 1.57. The molecule has 3 aliphatic heterocycles. The van der Waals surface area contributed by atoms with Crippen molar-refractivity contribution < 1.29 is 29.2 Å². The van der Waals surface area contributed by atoms with E-state index in [1.54, 1.807) is 19.2 Å². The minimum absolute atomic E-state index is 0.0712. The van der Waals surface area contributed by atoms with Gasteiger partial charge < -0.3 is 21.1 Å². The summed E-state index contributed by atoms with van der Waals surface area (Å²) in [5.74, 6) is -2.38. The largest absolute Gasteiger partial charge is 0.497 e. The molecule has 35 heavy (non-hydrogen) atoms. The van der Waals surface area contributed by atoms with Gasteiger partial charge in [0.05, 0.1) is 19.3 Å². The topological polar surface area (TPSA) is 135 Å². The van der Waals surface area contributed by atoms with Crippen LogP contribution < -0.4 is 21.1 Å². The van der Waals surface area contributed by atoms with Crippen LogP contribution in [-0.4, -0.2) is 41.7 Å². The van der Waals surface area contributed by atoms with Crippen LogP contribution >= 0.6 is 0 Å². The molecular formula is C26H29N4O5+. The molecule has 4 atom stereocenters. The van der Waals surface area contributed by atoms with Crippen LogP contribution in [0.5, 0.6) is 5.75 Å². The molecule has 182 valence electrons. The number of amides is 4. The molecule has 1 spiro atoms. The van der Waals surface area contributed by atoms with Crippen molar-refractivity contribution in [2.24, 2.45) is 17.6 Å². The normalized spacial score (nSPS) is 26.8. The number of rotatable bonds is 6. The van der Waals surface area contributed by atoms with Gasteiger partial charge in [0.1, 0.15) is 23.6 Å². The van der Waals surface area contributed by atoms with Gasteiger partial charge in [-0.1, -0.05) is 18.2 Å². The van der Waals surface area contributed by atoms with Crippen LogP contribution in [0, 0.1) is 25.7 Å². The highest BCUT2D eigenvalue weighted by Crippen LogP contribution is 2.50. The van der Waals surface area contributed by atoms with Gasteiger partial charge in [0.2, 0.25) is 23.3 Å². The number of methoxy groups -OCH3 is 1. The van der Waals surface area contributed by atoms with E-state index in [2.05, 4.69) is 5.32 Å². The molecule has 4 amide bonds. The number of quaternary nitrogens is 1. The third kappa shape index (κ3) is 3.33. The van der Waals surface area contributed by atoms with E-state index in [-0.39, 0.29) is 30.7 Å². The SMILES string of the molecule is COc1ccc(CN2C(=O)[C@@H]3[C@H](CCC(N)=O)[NH2+][C@]4(C(=O)Nc5c4ccc(C)c5C)[C@@H]3C2=O)cc1. The highest BCUT2D eigenvalue weighted by Gasteiger charge is 2.74. The van der Waals surface area contributed by atoms with Gasteiger partial charge >= 0.3 is 0 Å². The lowest BCUT2D eigenvalue weighted by atomic mass is 9.76. The van der Waals surface area contributed by atoms with Gasteiger partial charge in [0.15, 0.2) is 0 Å². The quantitative estimate of drug-likeness (QED) is 0.520. The average Bonchev–Trinajstić information content (AvgIpc) is 3.41. The van der Waals surface area contributed by atoms with E-state index >= 15 is 0 Å². The standard InChI is InChI=1S/C26H28N4O5/c1-13-4-9-17-22(14(13)2)28-25(34)26(17)21-20(18(29-26)10-11-19(27)31)23(32)30(24(21)33)12-15-5-7-16(35-3)8-6-15/h4-9,18,20-21,29H,10-12H2,1-3H3,(H2,27,31)(H,28,34)/p+1/t18-,20+,21-,26-/m0/s1. The predicted octanol–water partition coefficient (Wildman–Crippen LogP) is 0.472. The van der Waals surface area contributed by atoms with Gasteiger partial charge in [-0.2, -0.15) is 0 Å². The zero-order chi connectivity index (χ0) is 25.1. The first-order valence-electron chi connectivity index (χ1n) is 11.7. The van der Waals surface area contributed by atoms with Gasteiger partial charge in [0, 0.05) is 18.4 Å². The Hall–Kier alpha value is -3.72. The van der Waals surface area contributed by atoms with Gasteiger partial charge in [-0.25, -0.2) is 0 Å². The summed E-state index contributed by atoms with van der Waals surface area (Å²) in [5, 5.41) is 4.83. The number of likely N-dealkylation sites (tertiary alicyclic amines) is 1. The Labute approximate surface area is 203 Å². The fourth-order valence-corrected chi connectivity index (χ4v) is 5.98. The van der Waals surface area contributed by atoms with Crippen molar-refractivity contribution in [1.82, 2.24) is 4.90 Å². The molecule has 0 aromatic heterocycles. The number of anilines is 1. The number of ether oxygens (including phenoxy) is 1. The number of nitrogens with zero attached hydrogens (tertiary/aromatic N) is 1. The maximum atomic E-state index is 13.9. The number of hydrogen-bond acceptors (Lipinski definition) is 5. The monoisotopic (exact) mass is 477 g/mol. The summed E-state index contributed by atoms with van der Waals surface area (Å²) < 4.78 is 5.19. The van der Waals surface area contributed by atoms with Gasteiger partial charge in [-0.3, -0.25) is 24.1 Å². The Balaban J connectivity index is 1.57. The maximum absolute atomic E-state index is 13.9. The number of primary amides is 1. The first kappa shape index (κ1) is 23.0. The number of aryl methyl sites for hydroxylation is 1. The zero-order valence-electron chi connectivity index (χ0n) is 20.0. The Bertz CT molecular complexity index is 1260. The summed E-state index contributed by atoms with van der Waals surface area (Å²) in [6.45, 7) is 4.00. The summed E-state index contributed by atoms with van der Waals surface area (Å²) >= 11 is 0. The molecule has 5 N–H and O–H groups in total. The molecule has 0 saturated carbocycles. The van der Waals surface area contributed by atoms with Gasteiger partial charge in [-0.15, -0.1) is 0 Å². The third-order valence-corrected chi connectivity index (χ3v) is 7.89. The lowest BCUT2D eigenvalue weighted by Gasteiger charge is -2.26. The number of nitrogens with one attached hydrogen (secondary N) is 1. The van der Waals surface area contributed by atoms with Crippen molar-refractivity contribution in [3.8, 4) is 5.75 Å². The average molecular weight is 478 g/mol. The first-order chi connectivity index (χ1) is 16.7. The molecule has 0 unspecified atom stereocenters. The molecule has 3 aliphatic rings. The maximum Gasteiger partial charge on any atom is 0.291 e. The van der Waals surface area contributed by atoms with Crippen molar-refractivity contribution in [2.75, 3.05) is 12.4 Å². The van der Waals surface area contributed by atoms with E-state index in [0.29, 0.717) is 17.9 Å². The van der Waals surface area contributed by atoms with Crippen LogP contribution in [0.1, 0.15) is 35.1 Å². The Kier molecular flexibility index (Phi) is 5.40. The summed E-state index contributed by atoms with van der Waals surface area (Å²) in [6.07, 6.45) is 0.378. The fraction of sp³-hybridized carbons (Fsp3) is 0.385. The molecule has 3 heterocycles. The van der Waals surface area contributed by atoms with Gasteiger partial charge in [0.25, 0.3) is 5.91 Å². The minimum atomic E-state index is -1.26. The number of carbonyl (C=O) groups excluding carboxylic acids is 4. The second kappa shape index (κ2) is 8.20. The van der Waals surface area contributed by atoms with Crippen LogP contribution in [0.4, 0.5) is 5.69 Å². The Morgan fingerprint density at radius 2 is 1.83 bits per heavy atom. The molecule has 2 saturated heterocycles. The number of hydrogen-bond donors (Lipinski definition) is 3. The summed E-state index contributed by atoms with van der Waals surface area (Å²) in [6, 6.07) is 10.6.